The van der Waals surface area contributed by atoms with E-state index in [9.17, 15) is 9.59 Å². The predicted octanol–water partition coefficient (Wildman–Crippen LogP) is 1.64. The molecule has 5 nitrogen and oxygen atoms in total. The van der Waals surface area contributed by atoms with Crippen molar-refractivity contribution < 1.29 is 9.59 Å². The SMILES string of the molecule is CN(CC(=O)NC(C)(C)C)C(=O)c1ccc2c(c1)NCC2. The van der Waals surface area contributed by atoms with Crippen LogP contribution in [0.3, 0.4) is 0 Å². The van der Waals surface area contributed by atoms with E-state index in [1.165, 1.54) is 10.5 Å². The van der Waals surface area contributed by atoms with Crippen molar-refractivity contribution in [2.24, 2.45) is 0 Å². The Hall–Kier alpha value is -2.04. The summed E-state index contributed by atoms with van der Waals surface area (Å²) in [5.41, 5.74) is 2.57. The van der Waals surface area contributed by atoms with E-state index in [-0.39, 0.29) is 23.9 Å². The molecule has 1 aromatic carbocycles. The van der Waals surface area contributed by atoms with Gasteiger partial charge < -0.3 is 15.5 Å². The number of likely N-dealkylation sites (N-methyl/N-ethyl adjacent to an activating group) is 1. The molecule has 1 heterocycles. The molecule has 21 heavy (non-hydrogen) atoms. The van der Waals surface area contributed by atoms with Gasteiger partial charge in [0.2, 0.25) is 5.91 Å². The van der Waals surface area contributed by atoms with E-state index < -0.39 is 0 Å². The van der Waals surface area contributed by atoms with Gasteiger partial charge in [-0.2, -0.15) is 0 Å². The van der Waals surface area contributed by atoms with Crippen molar-refractivity contribution in [1.29, 1.82) is 0 Å². The van der Waals surface area contributed by atoms with Gasteiger partial charge in [0, 0.05) is 30.4 Å². The van der Waals surface area contributed by atoms with Crippen LogP contribution in [-0.2, 0) is 11.2 Å². The number of rotatable bonds is 3. The van der Waals surface area contributed by atoms with Gasteiger partial charge in [-0.05, 0) is 44.9 Å². The quantitative estimate of drug-likeness (QED) is 0.889. The molecule has 2 N–H and O–H groups in total. The van der Waals surface area contributed by atoms with Crippen molar-refractivity contribution in [2.75, 3.05) is 25.5 Å². The summed E-state index contributed by atoms with van der Waals surface area (Å²) in [7, 11) is 1.64. The topological polar surface area (TPSA) is 61.4 Å². The van der Waals surface area contributed by atoms with Crippen LogP contribution >= 0.6 is 0 Å². The summed E-state index contributed by atoms with van der Waals surface area (Å²) in [5.74, 6) is -0.298. The van der Waals surface area contributed by atoms with E-state index in [2.05, 4.69) is 10.6 Å². The third kappa shape index (κ3) is 3.97. The van der Waals surface area contributed by atoms with Gasteiger partial charge >= 0.3 is 0 Å². The molecule has 114 valence electrons. The van der Waals surface area contributed by atoms with Crippen molar-refractivity contribution >= 4 is 17.5 Å². The Kier molecular flexibility index (Phi) is 4.21. The highest BCUT2D eigenvalue weighted by atomic mass is 16.2. The number of hydrogen-bond acceptors (Lipinski definition) is 3. The molecule has 0 bridgehead atoms. The van der Waals surface area contributed by atoms with Gasteiger partial charge in [0.15, 0.2) is 0 Å². The molecule has 0 unspecified atom stereocenters. The van der Waals surface area contributed by atoms with Crippen LogP contribution in [0.25, 0.3) is 0 Å². The molecule has 2 amide bonds. The maximum Gasteiger partial charge on any atom is 0.254 e. The number of nitrogens with zero attached hydrogens (tertiary/aromatic N) is 1. The summed E-state index contributed by atoms with van der Waals surface area (Å²) in [6.07, 6.45) is 0.994. The minimum absolute atomic E-state index is 0.0562. The maximum absolute atomic E-state index is 12.4. The lowest BCUT2D eigenvalue weighted by Crippen LogP contribution is -2.46. The van der Waals surface area contributed by atoms with Crippen LogP contribution in [0.15, 0.2) is 18.2 Å². The zero-order chi connectivity index (χ0) is 15.6. The zero-order valence-corrected chi connectivity index (χ0v) is 13.1. The number of nitrogens with one attached hydrogen (secondary N) is 2. The molecule has 0 aliphatic carbocycles. The third-order valence-electron chi connectivity index (χ3n) is 3.31. The standard InChI is InChI=1S/C16H23N3O2/c1-16(2,3)18-14(20)10-19(4)15(21)12-6-5-11-7-8-17-13(11)9-12/h5-6,9,17H,7-8,10H2,1-4H3,(H,18,20). The van der Waals surface area contributed by atoms with Gasteiger partial charge in [0.25, 0.3) is 5.91 Å². The van der Waals surface area contributed by atoms with Crippen LogP contribution in [0.5, 0.6) is 0 Å². The van der Waals surface area contributed by atoms with Crippen LogP contribution in [0, 0.1) is 0 Å². The lowest BCUT2D eigenvalue weighted by molar-refractivity contribution is -0.122. The number of anilines is 1. The number of benzene rings is 1. The normalized spacial score (nSPS) is 13.3. The summed E-state index contributed by atoms with van der Waals surface area (Å²) in [6, 6.07) is 5.67. The molecule has 0 aromatic heterocycles. The fraction of sp³-hybridized carbons (Fsp3) is 0.500. The Morgan fingerprint density at radius 2 is 2.05 bits per heavy atom. The van der Waals surface area contributed by atoms with Gasteiger partial charge in [-0.1, -0.05) is 6.07 Å². The second-order valence-corrected chi connectivity index (χ2v) is 6.51. The summed E-state index contributed by atoms with van der Waals surface area (Å²) in [4.78, 5) is 25.7. The smallest absolute Gasteiger partial charge is 0.254 e. The first-order chi connectivity index (χ1) is 9.76. The first-order valence-electron chi connectivity index (χ1n) is 7.19. The van der Waals surface area contributed by atoms with E-state index in [1.807, 2.05) is 39.0 Å². The lowest BCUT2D eigenvalue weighted by Gasteiger charge is -2.23. The molecule has 0 saturated heterocycles. The van der Waals surface area contributed by atoms with Gasteiger partial charge in [0.1, 0.15) is 0 Å². The average molecular weight is 289 g/mol. The van der Waals surface area contributed by atoms with Crippen LogP contribution < -0.4 is 10.6 Å². The molecule has 0 atom stereocenters. The first-order valence-corrected chi connectivity index (χ1v) is 7.19. The highest BCUT2D eigenvalue weighted by molar-refractivity contribution is 5.97. The van der Waals surface area contributed by atoms with Crippen molar-refractivity contribution in [3.63, 3.8) is 0 Å². The zero-order valence-electron chi connectivity index (χ0n) is 13.1. The van der Waals surface area contributed by atoms with Crippen LogP contribution in [0.2, 0.25) is 0 Å². The van der Waals surface area contributed by atoms with Crippen LogP contribution in [-0.4, -0.2) is 42.4 Å². The Morgan fingerprint density at radius 1 is 1.33 bits per heavy atom. The van der Waals surface area contributed by atoms with Gasteiger partial charge in [-0.15, -0.1) is 0 Å². The second kappa shape index (κ2) is 5.76. The fourth-order valence-corrected chi connectivity index (χ4v) is 2.39. The summed E-state index contributed by atoms with van der Waals surface area (Å²) < 4.78 is 0. The summed E-state index contributed by atoms with van der Waals surface area (Å²) in [6.45, 7) is 6.72. The number of hydrogen-bond donors (Lipinski definition) is 2. The highest BCUT2D eigenvalue weighted by Crippen LogP contribution is 2.23. The molecule has 0 saturated carbocycles. The fourth-order valence-electron chi connectivity index (χ4n) is 2.39. The molecule has 1 aromatic rings. The monoisotopic (exact) mass is 289 g/mol. The summed E-state index contributed by atoms with van der Waals surface area (Å²) >= 11 is 0. The first kappa shape index (κ1) is 15.4. The minimum atomic E-state index is -0.293. The van der Waals surface area contributed by atoms with Gasteiger partial charge in [-0.3, -0.25) is 9.59 Å². The van der Waals surface area contributed by atoms with Crippen LogP contribution in [0.4, 0.5) is 5.69 Å². The number of carbonyl (C=O) groups excluding carboxylic acids is 2. The number of amides is 2. The Bertz CT molecular complexity index is 561. The van der Waals surface area contributed by atoms with E-state index >= 15 is 0 Å². The summed E-state index contributed by atoms with van der Waals surface area (Å²) in [5, 5.41) is 6.11. The number of fused-ring (bicyclic) bond motifs is 1. The van der Waals surface area contributed by atoms with Crippen molar-refractivity contribution in [3.8, 4) is 0 Å². The molecule has 5 heteroatoms. The van der Waals surface area contributed by atoms with E-state index in [1.54, 1.807) is 7.05 Å². The van der Waals surface area contributed by atoms with E-state index in [4.69, 9.17) is 0 Å². The molecule has 0 fully saturated rings. The average Bonchev–Trinajstić information content (AvgIpc) is 2.82. The largest absolute Gasteiger partial charge is 0.384 e. The Labute approximate surface area is 125 Å². The molecular formula is C16H23N3O2. The van der Waals surface area contributed by atoms with Crippen molar-refractivity contribution in [2.45, 2.75) is 32.7 Å². The molecule has 1 aliphatic heterocycles. The number of carbonyl (C=O) groups is 2. The molecule has 1 aliphatic rings. The van der Waals surface area contributed by atoms with Crippen LogP contribution in [0.1, 0.15) is 36.7 Å². The highest BCUT2D eigenvalue weighted by Gasteiger charge is 2.20. The Morgan fingerprint density at radius 3 is 2.71 bits per heavy atom. The predicted molar refractivity (Wildman–Crippen MR) is 83.5 cm³/mol. The van der Waals surface area contributed by atoms with Crippen molar-refractivity contribution in [1.82, 2.24) is 10.2 Å². The maximum atomic E-state index is 12.4. The van der Waals surface area contributed by atoms with E-state index in [0.29, 0.717) is 5.56 Å². The van der Waals surface area contributed by atoms with E-state index in [0.717, 1.165) is 18.7 Å². The molecular weight excluding hydrogens is 266 g/mol. The van der Waals surface area contributed by atoms with Crippen molar-refractivity contribution in [3.05, 3.63) is 29.3 Å². The minimum Gasteiger partial charge on any atom is -0.384 e. The third-order valence-corrected chi connectivity index (χ3v) is 3.31. The molecule has 0 spiro atoms. The Balaban J connectivity index is 2.01. The molecule has 0 radical (unpaired) electrons. The van der Waals surface area contributed by atoms with Gasteiger partial charge in [0.05, 0.1) is 6.54 Å². The van der Waals surface area contributed by atoms with Gasteiger partial charge in [-0.25, -0.2) is 0 Å². The second-order valence-electron chi connectivity index (χ2n) is 6.51. The molecule has 2 rings (SSSR count). The lowest BCUT2D eigenvalue weighted by atomic mass is 10.1.